The average Bonchev–Trinajstić information content (AvgIpc) is 2.57. The van der Waals surface area contributed by atoms with Gasteiger partial charge in [-0.2, -0.15) is 0 Å². The maximum absolute atomic E-state index is 3.52. The van der Waals surface area contributed by atoms with Crippen molar-refractivity contribution in [3.05, 3.63) is 24.3 Å². The molecule has 1 aromatic carbocycles. The predicted molar refractivity (Wildman–Crippen MR) is 83.0 cm³/mol. The van der Waals surface area contributed by atoms with Crippen LogP contribution in [0.3, 0.4) is 0 Å². The lowest BCUT2D eigenvalue weighted by Crippen LogP contribution is -2.16. The van der Waals surface area contributed by atoms with E-state index in [9.17, 15) is 0 Å². The molecular weight excluding hydrogens is 246 g/mol. The second-order valence-corrected chi connectivity index (χ2v) is 8.40. The second-order valence-electron chi connectivity index (χ2n) is 5.03. The van der Waals surface area contributed by atoms with Crippen molar-refractivity contribution in [2.24, 2.45) is 0 Å². The highest BCUT2D eigenvalue weighted by molar-refractivity contribution is 8.18. The van der Waals surface area contributed by atoms with Crippen molar-refractivity contribution in [3.8, 4) is 0 Å². The lowest BCUT2D eigenvalue weighted by Gasteiger charge is -2.22. The standard InChI is InChI=1S/C11H15NS2.C3H8/c1-11(2,3)14-10-12-8-6-4-5-7-9(8)13-10;1-3-2/h4-7,10,12H,1-3H3;3H2,1-2H3. The minimum Gasteiger partial charge on any atom is -0.364 e. The van der Waals surface area contributed by atoms with Gasteiger partial charge in [-0.05, 0) is 12.1 Å². The number of anilines is 1. The van der Waals surface area contributed by atoms with Crippen LogP contribution in [0.5, 0.6) is 0 Å². The Hall–Kier alpha value is -0.280. The Bertz CT molecular complexity index is 319. The second kappa shape index (κ2) is 6.60. The van der Waals surface area contributed by atoms with Crippen molar-refractivity contribution in [3.63, 3.8) is 0 Å². The van der Waals surface area contributed by atoms with Crippen molar-refractivity contribution >= 4 is 29.2 Å². The van der Waals surface area contributed by atoms with Crippen LogP contribution in [0.15, 0.2) is 29.2 Å². The largest absolute Gasteiger partial charge is 0.364 e. The van der Waals surface area contributed by atoms with E-state index in [-0.39, 0.29) is 0 Å². The molecule has 1 heterocycles. The van der Waals surface area contributed by atoms with Crippen LogP contribution < -0.4 is 5.32 Å². The molecule has 1 atom stereocenters. The zero-order valence-corrected chi connectivity index (χ0v) is 13.0. The molecule has 0 aromatic heterocycles. The fraction of sp³-hybridized carbons (Fsp3) is 0.571. The monoisotopic (exact) mass is 269 g/mol. The van der Waals surface area contributed by atoms with E-state index in [1.54, 1.807) is 0 Å². The zero-order chi connectivity index (χ0) is 12.9. The summed E-state index contributed by atoms with van der Waals surface area (Å²) in [5.41, 5.74) is 1.28. The first-order chi connectivity index (χ1) is 7.96. The SMILES string of the molecule is CC(C)(C)SC1Nc2ccccc2S1.CCC. The number of rotatable bonds is 1. The lowest BCUT2D eigenvalue weighted by atomic mass is 10.3. The Kier molecular flexibility index (Phi) is 5.74. The summed E-state index contributed by atoms with van der Waals surface area (Å²) >= 11 is 3.89. The van der Waals surface area contributed by atoms with Gasteiger partial charge in [-0.15, -0.1) is 11.8 Å². The Balaban J connectivity index is 0.000000437. The normalized spacial score (nSPS) is 17.8. The number of nitrogens with one attached hydrogen (secondary N) is 1. The molecule has 1 aromatic rings. The maximum Gasteiger partial charge on any atom is 0.125 e. The van der Waals surface area contributed by atoms with E-state index in [0.29, 0.717) is 9.45 Å². The Morgan fingerprint density at radius 1 is 1.24 bits per heavy atom. The van der Waals surface area contributed by atoms with Gasteiger partial charge in [-0.25, -0.2) is 0 Å². The summed E-state index contributed by atoms with van der Waals surface area (Å²) in [7, 11) is 0. The molecule has 1 unspecified atom stereocenters. The highest BCUT2D eigenvalue weighted by Crippen LogP contribution is 2.45. The molecule has 0 aliphatic carbocycles. The summed E-state index contributed by atoms with van der Waals surface area (Å²) in [6.07, 6.45) is 1.25. The van der Waals surface area contributed by atoms with Crippen LogP contribution in [0.4, 0.5) is 5.69 Å². The minimum atomic E-state index is 0.312. The van der Waals surface area contributed by atoms with E-state index in [1.165, 1.54) is 17.0 Å². The van der Waals surface area contributed by atoms with Crippen molar-refractivity contribution in [2.45, 2.75) is 55.4 Å². The van der Waals surface area contributed by atoms with E-state index in [1.807, 2.05) is 23.5 Å². The highest BCUT2D eigenvalue weighted by Gasteiger charge is 2.25. The van der Waals surface area contributed by atoms with Crippen LogP contribution in [-0.4, -0.2) is 9.45 Å². The molecule has 0 saturated heterocycles. The molecule has 1 N–H and O–H groups in total. The number of benzene rings is 1. The lowest BCUT2D eigenvalue weighted by molar-refractivity contribution is 0.802. The first-order valence-electron chi connectivity index (χ1n) is 6.16. The van der Waals surface area contributed by atoms with Crippen molar-refractivity contribution in [1.29, 1.82) is 0 Å². The van der Waals surface area contributed by atoms with Gasteiger partial charge >= 0.3 is 0 Å². The summed E-state index contributed by atoms with van der Waals surface area (Å²) in [4.78, 5) is 1.37. The smallest absolute Gasteiger partial charge is 0.125 e. The van der Waals surface area contributed by atoms with E-state index in [4.69, 9.17) is 0 Å². The third-order valence-electron chi connectivity index (χ3n) is 1.86. The van der Waals surface area contributed by atoms with Crippen LogP contribution >= 0.6 is 23.5 Å². The zero-order valence-electron chi connectivity index (χ0n) is 11.4. The first kappa shape index (κ1) is 14.8. The summed E-state index contributed by atoms with van der Waals surface area (Å²) in [6, 6.07) is 8.50. The van der Waals surface area contributed by atoms with Crippen LogP contribution in [-0.2, 0) is 0 Å². The molecule has 1 nitrogen and oxygen atoms in total. The molecule has 0 radical (unpaired) electrons. The number of thioether (sulfide) groups is 2. The minimum absolute atomic E-state index is 0.312. The third-order valence-corrected chi connectivity index (χ3v) is 4.41. The van der Waals surface area contributed by atoms with Gasteiger partial charge in [0.25, 0.3) is 0 Å². The predicted octanol–water partition coefficient (Wildman–Crippen LogP) is 5.44. The topological polar surface area (TPSA) is 12.0 Å². The van der Waals surface area contributed by atoms with E-state index < -0.39 is 0 Å². The number of hydrogen-bond donors (Lipinski definition) is 1. The van der Waals surface area contributed by atoms with Gasteiger partial charge in [0.15, 0.2) is 0 Å². The molecule has 0 spiro atoms. The molecule has 2 rings (SSSR count). The summed E-state index contributed by atoms with van der Waals surface area (Å²) < 4.78 is 0.777. The van der Waals surface area contributed by atoms with Gasteiger partial charge in [-0.3, -0.25) is 0 Å². The average molecular weight is 269 g/mol. The molecule has 96 valence electrons. The van der Waals surface area contributed by atoms with Gasteiger partial charge in [0, 0.05) is 15.3 Å². The Morgan fingerprint density at radius 3 is 2.35 bits per heavy atom. The van der Waals surface area contributed by atoms with Crippen molar-refractivity contribution in [2.75, 3.05) is 5.32 Å². The molecule has 3 heteroatoms. The molecule has 1 aliphatic heterocycles. The summed E-state index contributed by atoms with van der Waals surface area (Å²) in [5, 5.41) is 3.52. The quantitative estimate of drug-likeness (QED) is 0.729. The van der Waals surface area contributed by atoms with E-state index in [2.05, 4.69) is 64.2 Å². The Labute approximate surface area is 114 Å². The number of hydrogen-bond acceptors (Lipinski definition) is 3. The van der Waals surface area contributed by atoms with Crippen LogP contribution in [0, 0.1) is 0 Å². The van der Waals surface area contributed by atoms with Gasteiger partial charge in [0.1, 0.15) is 4.71 Å². The van der Waals surface area contributed by atoms with Crippen molar-refractivity contribution in [1.82, 2.24) is 0 Å². The van der Waals surface area contributed by atoms with Crippen LogP contribution in [0.25, 0.3) is 0 Å². The fourth-order valence-electron chi connectivity index (χ4n) is 1.34. The van der Waals surface area contributed by atoms with E-state index in [0.717, 1.165) is 0 Å². The Morgan fingerprint density at radius 2 is 1.82 bits per heavy atom. The van der Waals surface area contributed by atoms with Gasteiger partial charge in [-0.1, -0.05) is 64.9 Å². The highest BCUT2D eigenvalue weighted by atomic mass is 32.2. The van der Waals surface area contributed by atoms with Crippen LogP contribution in [0.1, 0.15) is 41.0 Å². The summed E-state index contributed by atoms with van der Waals surface area (Å²) in [6.45, 7) is 11.0. The molecule has 0 saturated carbocycles. The fourth-order valence-corrected chi connectivity index (χ4v) is 4.36. The first-order valence-corrected chi connectivity index (χ1v) is 7.92. The molecule has 0 bridgehead atoms. The molecule has 17 heavy (non-hydrogen) atoms. The molecule has 0 amide bonds. The molecule has 0 fully saturated rings. The van der Waals surface area contributed by atoms with Gasteiger partial charge < -0.3 is 5.32 Å². The third kappa shape index (κ3) is 5.26. The number of fused-ring (bicyclic) bond motifs is 1. The van der Waals surface area contributed by atoms with Gasteiger partial charge in [0.2, 0.25) is 0 Å². The maximum atomic E-state index is 3.52. The van der Waals surface area contributed by atoms with Crippen LogP contribution in [0.2, 0.25) is 0 Å². The van der Waals surface area contributed by atoms with Gasteiger partial charge in [0.05, 0.1) is 0 Å². The molecule has 1 aliphatic rings. The van der Waals surface area contributed by atoms with Crippen molar-refractivity contribution < 1.29 is 0 Å². The summed E-state index contributed by atoms with van der Waals surface area (Å²) in [5.74, 6) is 0. The van der Waals surface area contributed by atoms with E-state index >= 15 is 0 Å². The number of para-hydroxylation sites is 1. The molecular formula is C14H23NS2.